The van der Waals surface area contributed by atoms with E-state index >= 15 is 0 Å². The highest BCUT2D eigenvalue weighted by Crippen LogP contribution is 2.14. The number of aromatic nitrogens is 2. The Balaban J connectivity index is 2.11. The average Bonchev–Trinajstić information content (AvgIpc) is 2.66. The molecule has 1 aromatic heterocycles. The summed E-state index contributed by atoms with van der Waals surface area (Å²) < 4.78 is 6.99. The molecule has 0 radical (unpaired) electrons. The number of hydrogen-bond acceptors (Lipinski definition) is 3. The van der Waals surface area contributed by atoms with E-state index < -0.39 is 5.69 Å². The van der Waals surface area contributed by atoms with Crippen molar-refractivity contribution >= 4 is 0 Å². The van der Waals surface area contributed by atoms with Gasteiger partial charge in [0.25, 0.3) is 5.56 Å². The van der Waals surface area contributed by atoms with E-state index in [0.29, 0.717) is 30.7 Å². The van der Waals surface area contributed by atoms with Gasteiger partial charge in [-0.15, -0.1) is 0 Å². The Hall–Kier alpha value is -2.92. The van der Waals surface area contributed by atoms with Gasteiger partial charge in [0.05, 0.1) is 0 Å². The average molecular weight is 350 g/mol. The third-order valence-electron chi connectivity index (χ3n) is 4.28. The van der Waals surface area contributed by atoms with Crippen LogP contribution in [0.4, 0.5) is 0 Å². The first-order chi connectivity index (χ1) is 12.7. The molecule has 0 bridgehead atoms. The SMILES string of the molecule is CCOCn1c(Cc2ccccc2)c(Cc2ccccc2)c(=O)[nH]c1=O. The van der Waals surface area contributed by atoms with Crippen molar-refractivity contribution in [2.75, 3.05) is 6.61 Å². The van der Waals surface area contributed by atoms with Gasteiger partial charge in [0.15, 0.2) is 0 Å². The molecule has 5 nitrogen and oxygen atoms in total. The molecule has 0 amide bonds. The molecule has 134 valence electrons. The zero-order valence-electron chi connectivity index (χ0n) is 14.8. The molecule has 1 N–H and O–H groups in total. The second kappa shape index (κ2) is 8.45. The molecule has 3 aromatic rings. The van der Waals surface area contributed by atoms with Gasteiger partial charge in [-0.25, -0.2) is 4.79 Å². The first kappa shape index (κ1) is 17.9. The number of H-pyrrole nitrogens is 1. The summed E-state index contributed by atoms with van der Waals surface area (Å²) in [6.45, 7) is 2.49. The Morgan fingerprint density at radius 3 is 2.04 bits per heavy atom. The van der Waals surface area contributed by atoms with Crippen molar-refractivity contribution in [3.8, 4) is 0 Å². The molecule has 1 heterocycles. The summed E-state index contributed by atoms with van der Waals surface area (Å²) in [4.78, 5) is 27.4. The van der Waals surface area contributed by atoms with Gasteiger partial charge in [0.2, 0.25) is 0 Å². The molecular weight excluding hydrogens is 328 g/mol. The third kappa shape index (κ3) is 4.18. The molecule has 0 aliphatic heterocycles. The Kier molecular flexibility index (Phi) is 5.81. The Morgan fingerprint density at radius 2 is 1.46 bits per heavy atom. The van der Waals surface area contributed by atoms with Crippen LogP contribution < -0.4 is 11.2 Å². The summed E-state index contributed by atoms with van der Waals surface area (Å²) in [6.07, 6.45) is 0.958. The lowest BCUT2D eigenvalue weighted by atomic mass is 10.00. The fourth-order valence-corrected chi connectivity index (χ4v) is 2.95. The maximum absolute atomic E-state index is 12.6. The molecule has 0 aliphatic carbocycles. The normalized spacial score (nSPS) is 10.8. The number of rotatable bonds is 7. The van der Waals surface area contributed by atoms with E-state index in [0.717, 1.165) is 11.1 Å². The summed E-state index contributed by atoms with van der Waals surface area (Å²) in [5, 5.41) is 0. The summed E-state index contributed by atoms with van der Waals surface area (Å²) in [7, 11) is 0. The fraction of sp³-hybridized carbons (Fsp3) is 0.238. The van der Waals surface area contributed by atoms with Gasteiger partial charge in [0, 0.05) is 30.7 Å². The van der Waals surface area contributed by atoms with Gasteiger partial charge in [-0.3, -0.25) is 14.3 Å². The summed E-state index contributed by atoms with van der Waals surface area (Å²) >= 11 is 0. The van der Waals surface area contributed by atoms with E-state index in [1.165, 1.54) is 4.57 Å². The highest BCUT2D eigenvalue weighted by Gasteiger charge is 2.16. The van der Waals surface area contributed by atoms with E-state index in [2.05, 4.69) is 4.98 Å². The van der Waals surface area contributed by atoms with Crippen LogP contribution in [0, 0.1) is 0 Å². The minimum Gasteiger partial charge on any atom is -0.361 e. The van der Waals surface area contributed by atoms with Crippen LogP contribution >= 0.6 is 0 Å². The third-order valence-corrected chi connectivity index (χ3v) is 4.28. The van der Waals surface area contributed by atoms with Crippen LogP contribution in [0.25, 0.3) is 0 Å². The molecule has 0 saturated carbocycles. The molecule has 0 fully saturated rings. The van der Waals surface area contributed by atoms with Crippen molar-refractivity contribution in [2.24, 2.45) is 0 Å². The maximum Gasteiger partial charge on any atom is 0.330 e. The minimum atomic E-state index is -0.439. The lowest BCUT2D eigenvalue weighted by Gasteiger charge is -2.16. The van der Waals surface area contributed by atoms with Crippen molar-refractivity contribution in [1.82, 2.24) is 9.55 Å². The highest BCUT2D eigenvalue weighted by molar-refractivity contribution is 5.31. The second-order valence-corrected chi connectivity index (χ2v) is 6.06. The van der Waals surface area contributed by atoms with E-state index in [1.807, 2.05) is 67.6 Å². The van der Waals surface area contributed by atoms with Crippen LogP contribution in [0.2, 0.25) is 0 Å². The molecule has 0 unspecified atom stereocenters. The molecule has 3 rings (SSSR count). The number of aromatic amines is 1. The maximum atomic E-state index is 12.6. The topological polar surface area (TPSA) is 64.1 Å². The first-order valence-electron chi connectivity index (χ1n) is 8.69. The number of hydrogen-bond donors (Lipinski definition) is 1. The van der Waals surface area contributed by atoms with Crippen molar-refractivity contribution in [2.45, 2.75) is 26.5 Å². The predicted octanol–water partition coefficient (Wildman–Crippen LogP) is 2.71. The predicted molar refractivity (Wildman–Crippen MR) is 101 cm³/mol. The van der Waals surface area contributed by atoms with Crippen LogP contribution in [-0.4, -0.2) is 16.2 Å². The van der Waals surface area contributed by atoms with E-state index in [9.17, 15) is 9.59 Å². The monoisotopic (exact) mass is 350 g/mol. The van der Waals surface area contributed by atoms with Crippen LogP contribution in [-0.2, 0) is 24.3 Å². The Bertz CT molecular complexity index is 960. The summed E-state index contributed by atoms with van der Waals surface area (Å²) in [5.41, 5.74) is 2.58. The second-order valence-electron chi connectivity index (χ2n) is 6.06. The van der Waals surface area contributed by atoms with Crippen LogP contribution in [0.3, 0.4) is 0 Å². The highest BCUT2D eigenvalue weighted by atomic mass is 16.5. The number of benzene rings is 2. The zero-order chi connectivity index (χ0) is 18.4. The van der Waals surface area contributed by atoms with E-state index in [-0.39, 0.29) is 12.3 Å². The largest absolute Gasteiger partial charge is 0.361 e. The van der Waals surface area contributed by atoms with Crippen LogP contribution in [0.15, 0.2) is 70.3 Å². The Labute approximate surface area is 151 Å². The van der Waals surface area contributed by atoms with Gasteiger partial charge < -0.3 is 4.74 Å². The summed E-state index contributed by atoms with van der Waals surface area (Å²) in [5.74, 6) is 0. The molecule has 0 atom stereocenters. The van der Waals surface area contributed by atoms with Gasteiger partial charge in [-0.2, -0.15) is 0 Å². The standard InChI is InChI=1S/C21H22N2O3/c1-2-26-15-23-19(14-17-11-7-4-8-12-17)18(20(24)22-21(23)25)13-16-9-5-3-6-10-16/h3-12H,2,13-15H2,1H3,(H,22,24,25). The van der Waals surface area contributed by atoms with Gasteiger partial charge in [0.1, 0.15) is 6.73 Å². The van der Waals surface area contributed by atoms with Crippen molar-refractivity contribution in [3.63, 3.8) is 0 Å². The number of ether oxygens (including phenoxy) is 1. The fourth-order valence-electron chi connectivity index (χ4n) is 2.95. The van der Waals surface area contributed by atoms with Crippen LogP contribution in [0.1, 0.15) is 29.3 Å². The van der Waals surface area contributed by atoms with Gasteiger partial charge in [-0.1, -0.05) is 60.7 Å². The van der Waals surface area contributed by atoms with E-state index in [4.69, 9.17) is 4.74 Å². The molecule has 2 aromatic carbocycles. The zero-order valence-corrected chi connectivity index (χ0v) is 14.8. The molecular formula is C21H22N2O3. The summed E-state index contributed by atoms with van der Waals surface area (Å²) in [6, 6.07) is 19.6. The molecule has 26 heavy (non-hydrogen) atoms. The number of nitrogens with zero attached hydrogens (tertiary/aromatic N) is 1. The first-order valence-corrected chi connectivity index (χ1v) is 8.69. The molecule has 0 aliphatic rings. The van der Waals surface area contributed by atoms with E-state index in [1.54, 1.807) is 0 Å². The Morgan fingerprint density at radius 1 is 0.885 bits per heavy atom. The van der Waals surface area contributed by atoms with Gasteiger partial charge in [-0.05, 0) is 18.1 Å². The lowest BCUT2D eigenvalue weighted by molar-refractivity contribution is 0.0822. The van der Waals surface area contributed by atoms with Crippen molar-refractivity contribution in [3.05, 3.63) is 104 Å². The smallest absolute Gasteiger partial charge is 0.330 e. The molecule has 5 heteroatoms. The lowest BCUT2D eigenvalue weighted by Crippen LogP contribution is -2.36. The van der Waals surface area contributed by atoms with Gasteiger partial charge >= 0.3 is 5.69 Å². The van der Waals surface area contributed by atoms with Crippen molar-refractivity contribution < 1.29 is 4.74 Å². The van der Waals surface area contributed by atoms with Crippen LogP contribution in [0.5, 0.6) is 0 Å². The van der Waals surface area contributed by atoms with Crippen molar-refractivity contribution in [1.29, 1.82) is 0 Å². The quantitative estimate of drug-likeness (QED) is 0.713. The molecule has 0 spiro atoms. The molecule has 0 saturated heterocycles. The number of nitrogens with one attached hydrogen (secondary N) is 1. The minimum absolute atomic E-state index is 0.121.